The largest absolute Gasteiger partial charge is 0.493 e. The molecular weight excluding hydrogens is 337 g/mol. The van der Waals surface area contributed by atoms with Crippen LogP contribution in [0.4, 0.5) is 4.39 Å². The fraction of sp³-hybridized carbons (Fsp3) is 0.167. The van der Waals surface area contributed by atoms with Gasteiger partial charge in [-0.1, -0.05) is 5.16 Å². The zero-order valence-corrected chi connectivity index (χ0v) is 12.0. The first-order valence-corrected chi connectivity index (χ1v) is 6.09. The summed E-state index contributed by atoms with van der Waals surface area (Å²) in [6.45, 7) is 0. The minimum atomic E-state index is -1.24. The summed E-state index contributed by atoms with van der Waals surface area (Å²) in [5.41, 5.74) is -0.0629. The van der Waals surface area contributed by atoms with Gasteiger partial charge in [0.05, 0.1) is 24.3 Å². The lowest BCUT2D eigenvalue weighted by Crippen LogP contribution is -1.97. The minimum absolute atomic E-state index is 0.0245. The lowest BCUT2D eigenvalue weighted by atomic mass is 10.1. The van der Waals surface area contributed by atoms with Gasteiger partial charge >= 0.3 is 5.97 Å². The Hall–Kier alpha value is -2.09. The quantitative estimate of drug-likeness (QED) is 0.917. The maximum atomic E-state index is 14.2. The number of hydrogen-bond donors (Lipinski definition) is 1. The topological polar surface area (TPSA) is 81.8 Å². The summed E-state index contributed by atoms with van der Waals surface area (Å²) in [4.78, 5) is 10.8. The molecule has 20 heavy (non-hydrogen) atoms. The smallest absolute Gasteiger partial charge is 0.358 e. The molecular formula is C12H9BrFNO5. The number of benzene rings is 1. The van der Waals surface area contributed by atoms with E-state index in [-0.39, 0.29) is 28.5 Å². The molecule has 0 aliphatic heterocycles. The number of ether oxygens (including phenoxy) is 2. The van der Waals surface area contributed by atoms with Gasteiger partial charge in [0, 0.05) is 6.07 Å². The Kier molecular flexibility index (Phi) is 3.93. The van der Waals surface area contributed by atoms with Crippen LogP contribution in [-0.4, -0.2) is 30.5 Å². The number of carboxylic acid groups (broad SMARTS) is 1. The molecule has 0 aliphatic rings. The number of aromatic carboxylic acids is 1. The molecule has 0 amide bonds. The number of halogens is 2. The van der Waals surface area contributed by atoms with Gasteiger partial charge in [0.15, 0.2) is 23.0 Å². The average molecular weight is 346 g/mol. The molecule has 2 aromatic rings. The molecule has 1 N–H and O–H groups in total. The van der Waals surface area contributed by atoms with Crippen LogP contribution in [0.15, 0.2) is 21.1 Å². The van der Waals surface area contributed by atoms with Gasteiger partial charge in [0.1, 0.15) is 0 Å². The maximum absolute atomic E-state index is 14.2. The summed E-state index contributed by atoms with van der Waals surface area (Å²) in [7, 11) is 2.60. The number of rotatable bonds is 4. The Morgan fingerprint density at radius 1 is 1.35 bits per heavy atom. The van der Waals surface area contributed by atoms with E-state index < -0.39 is 11.8 Å². The monoisotopic (exact) mass is 345 g/mol. The van der Waals surface area contributed by atoms with Crippen LogP contribution in [0.5, 0.6) is 11.5 Å². The van der Waals surface area contributed by atoms with Gasteiger partial charge in [-0.15, -0.1) is 0 Å². The third kappa shape index (κ3) is 2.34. The fourth-order valence-electron chi connectivity index (χ4n) is 1.66. The molecule has 2 rings (SSSR count). The summed E-state index contributed by atoms with van der Waals surface area (Å²) >= 11 is 3.16. The SMILES string of the molecule is COc1c(Br)cc(-c2cc(C(=O)O)no2)c(OC)c1F. The van der Waals surface area contributed by atoms with E-state index in [1.807, 2.05) is 0 Å². The second-order valence-electron chi connectivity index (χ2n) is 3.67. The Morgan fingerprint density at radius 3 is 2.50 bits per heavy atom. The molecule has 0 atom stereocenters. The zero-order chi connectivity index (χ0) is 14.9. The molecule has 6 nitrogen and oxygen atoms in total. The van der Waals surface area contributed by atoms with E-state index in [2.05, 4.69) is 21.1 Å². The Labute approximate surface area is 121 Å². The van der Waals surface area contributed by atoms with Crippen LogP contribution < -0.4 is 9.47 Å². The summed E-state index contributed by atoms with van der Waals surface area (Å²) in [6.07, 6.45) is 0. The first kappa shape index (κ1) is 14.3. The van der Waals surface area contributed by atoms with Gasteiger partial charge in [0.2, 0.25) is 5.82 Å². The highest BCUT2D eigenvalue weighted by atomic mass is 79.9. The molecule has 1 heterocycles. The first-order chi connectivity index (χ1) is 9.49. The van der Waals surface area contributed by atoms with Crippen molar-refractivity contribution in [2.75, 3.05) is 14.2 Å². The van der Waals surface area contributed by atoms with Crippen LogP contribution >= 0.6 is 15.9 Å². The van der Waals surface area contributed by atoms with Crippen LogP contribution in [0, 0.1) is 5.82 Å². The van der Waals surface area contributed by atoms with E-state index in [1.165, 1.54) is 26.4 Å². The van der Waals surface area contributed by atoms with Crippen molar-refractivity contribution in [1.82, 2.24) is 5.16 Å². The molecule has 1 aromatic carbocycles. The van der Waals surface area contributed by atoms with Crippen molar-refractivity contribution in [2.45, 2.75) is 0 Å². The number of methoxy groups -OCH3 is 2. The molecule has 0 saturated carbocycles. The average Bonchev–Trinajstić information content (AvgIpc) is 2.88. The van der Waals surface area contributed by atoms with Crippen molar-refractivity contribution in [1.29, 1.82) is 0 Å². The van der Waals surface area contributed by atoms with Crippen molar-refractivity contribution < 1.29 is 28.3 Å². The van der Waals surface area contributed by atoms with Crippen molar-refractivity contribution in [3.8, 4) is 22.8 Å². The summed E-state index contributed by atoms with van der Waals surface area (Å²) in [5.74, 6) is -2.05. The highest BCUT2D eigenvalue weighted by Crippen LogP contribution is 2.42. The third-order valence-corrected chi connectivity index (χ3v) is 3.12. The fourth-order valence-corrected chi connectivity index (χ4v) is 2.22. The Balaban J connectivity index is 2.63. The van der Waals surface area contributed by atoms with Gasteiger partial charge in [-0.2, -0.15) is 4.39 Å². The molecule has 0 radical (unpaired) electrons. The van der Waals surface area contributed by atoms with Crippen LogP contribution in [0.3, 0.4) is 0 Å². The lowest BCUT2D eigenvalue weighted by Gasteiger charge is -2.12. The van der Waals surface area contributed by atoms with Crippen molar-refractivity contribution in [3.05, 3.63) is 28.1 Å². The second-order valence-corrected chi connectivity index (χ2v) is 4.52. The standard InChI is InChI=1S/C12H9BrFNO5/c1-18-10-5(3-6(13)11(19-2)9(10)14)8-4-7(12(16)17)15-20-8/h3-4H,1-2H3,(H,16,17). The van der Waals surface area contributed by atoms with E-state index >= 15 is 0 Å². The van der Waals surface area contributed by atoms with Gasteiger partial charge in [-0.3, -0.25) is 0 Å². The molecule has 0 aliphatic carbocycles. The number of hydrogen-bond acceptors (Lipinski definition) is 5. The van der Waals surface area contributed by atoms with Crippen molar-refractivity contribution in [2.24, 2.45) is 0 Å². The van der Waals surface area contributed by atoms with E-state index in [4.69, 9.17) is 19.1 Å². The number of nitrogens with zero attached hydrogens (tertiary/aromatic N) is 1. The molecule has 8 heteroatoms. The number of carbonyl (C=O) groups is 1. The van der Waals surface area contributed by atoms with Gasteiger partial charge < -0.3 is 19.1 Å². The van der Waals surface area contributed by atoms with Gasteiger partial charge in [-0.05, 0) is 22.0 Å². The second kappa shape index (κ2) is 5.49. The van der Waals surface area contributed by atoms with Crippen LogP contribution in [0.2, 0.25) is 0 Å². The van der Waals surface area contributed by atoms with Crippen LogP contribution in [-0.2, 0) is 0 Å². The summed E-state index contributed by atoms with van der Waals surface area (Å²) in [5, 5.41) is 12.2. The highest BCUT2D eigenvalue weighted by Gasteiger charge is 2.23. The van der Waals surface area contributed by atoms with E-state index in [0.717, 1.165) is 0 Å². The van der Waals surface area contributed by atoms with Gasteiger partial charge in [0.25, 0.3) is 0 Å². The molecule has 0 fully saturated rings. The van der Waals surface area contributed by atoms with Crippen LogP contribution in [0.25, 0.3) is 11.3 Å². The van der Waals surface area contributed by atoms with E-state index in [1.54, 1.807) is 0 Å². The normalized spacial score (nSPS) is 10.4. The maximum Gasteiger partial charge on any atom is 0.358 e. The van der Waals surface area contributed by atoms with Crippen molar-refractivity contribution >= 4 is 21.9 Å². The summed E-state index contributed by atoms with van der Waals surface area (Å²) < 4.78 is 29.3. The van der Waals surface area contributed by atoms with Crippen molar-refractivity contribution in [3.63, 3.8) is 0 Å². The molecule has 1 aromatic heterocycles. The lowest BCUT2D eigenvalue weighted by molar-refractivity contribution is 0.0686. The Bertz CT molecular complexity index is 670. The minimum Gasteiger partial charge on any atom is -0.493 e. The molecule has 0 bridgehead atoms. The predicted molar refractivity (Wildman–Crippen MR) is 69.7 cm³/mol. The van der Waals surface area contributed by atoms with E-state index in [0.29, 0.717) is 4.47 Å². The predicted octanol–water partition coefficient (Wildman–Crippen LogP) is 2.96. The first-order valence-electron chi connectivity index (χ1n) is 5.30. The molecule has 106 valence electrons. The Morgan fingerprint density at radius 2 is 2.00 bits per heavy atom. The van der Waals surface area contributed by atoms with Crippen LogP contribution in [0.1, 0.15) is 10.5 Å². The summed E-state index contributed by atoms with van der Waals surface area (Å²) in [6, 6.07) is 2.67. The number of carboxylic acids is 1. The van der Waals surface area contributed by atoms with E-state index in [9.17, 15) is 9.18 Å². The molecule has 0 spiro atoms. The highest BCUT2D eigenvalue weighted by molar-refractivity contribution is 9.10. The zero-order valence-electron chi connectivity index (χ0n) is 10.4. The van der Waals surface area contributed by atoms with Gasteiger partial charge in [-0.25, -0.2) is 4.79 Å². The number of aromatic nitrogens is 1. The molecule has 0 unspecified atom stereocenters. The molecule has 0 saturated heterocycles. The third-order valence-electron chi connectivity index (χ3n) is 2.53.